The third kappa shape index (κ3) is 3.46. The second-order valence-electron chi connectivity index (χ2n) is 5.33. The number of likely N-dealkylation sites (N-methyl/N-ethyl adjacent to an activating group) is 1. The molecular formula is C14H29NO. The van der Waals surface area contributed by atoms with Crippen molar-refractivity contribution in [2.75, 3.05) is 13.7 Å². The Morgan fingerprint density at radius 3 is 2.38 bits per heavy atom. The van der Waals surface area contributed by atoms with E-state index in [0.717, 1.165) is 18.9 Å². The van der Waals surface area contributed by atoms with E-state index in [1.165, 1.54) is 32.1 Å². The van der Waals surface area contributed by atoms with E-state index in [4.69, 9.17) is 4.74 Å². The fourth-order valence-electron chi connectivity index (χ4n) is 3.03. The average Bonchev–Trinajstić information content (AvgIpc) is 2.78. The van der Waals surface area contributed by atoms with Crippen LogP contribution in [0, 0.1) is 5.92 Å². The molecule has 2 nitrogen and oxygen atoms in total. The molecule has 1 saturated carbocycles. The molecule has 2 unspecified atom stereocenters. The molecule has 1 N–H and O–H groups in total. The molecule has 1 rings (SSSR count). The Morgan fingerprint density at radius 2 is 1.94 bits per heavy atom. The lowest BCUT2D eigenvalue weighted by Crippen LogP contribution is -2.49. The van der Waals surface area contributed by atoms with Gasteiger partial charge in [-0.2, -0.15) is 0 Å². The summed E-state index contributed by atoms with van der Waals surface area (Å²) in [6.45, 7) is 7.39. The van der Waals surface area contributed by atoms with Gasteiger partial charge in [-0.1, -0.05) is 32.6 Å². The summed E-state index contributed by atoms with van der Waals surface area (Å²) >= 11 is 0. The van der Waals surface area contributed by atoms with Crippen molar-refractivity contribution in [2.24, 2.45) is 5.92 Å². The monoisotopic (exact) mass is 227 g/mol. The first-order valence-corrected chi connectivity index (χ1v) is 6.97. The summed E-state index contributed by atoms with van der Waals surface area (Å²) in [4.78, 5) is 0. The smallest absolute Gasteiger partial charge is 0.0803 e. The minimum Gasteiger partial charge on any atom is -0.374 e. The molecule has 0 aromatic heterocycles. The van der Waals surface area contributed by atoms with Crippen LogP contribution in [-0.4, -0.2) is 25.3 Å². The zero-order valence-electron chi connectivity index (χ0n) is 11.5. The van der Waals surface area contributed by atoms with Gasteiger partial charge in [0.1, 0.15) is 0 Å². The molecule has 2 atom stereocenters. The zero-order valence-corrected chi connectivity index (χ0v) is 11.5. The van der Waals surface area contributed by atoms with Crippen molar-refractivity contribution in [1.82, 2.24) is 5.32 Å². The molecule has 96 valence electrons. The van der Waals surface area contributed by atoms with Crippen LogP contribution in [0.1, 0.15) is 59.3 Å². The Kier molecular flexibility index (Phi) is 5.77. The molecule has 16 heavy (non-hydrogen) atoms. The Morgan fingerprint density at radius 1 is 1.31 bits per heavy atom. The van der Waals surface area contributed by atoms with E-state index < -0.39 is 0 Å². The van der Waals surface area contributed by atoms with Crippen LogP contribution in [0.3, 0.4) is 0 Å². The van der Waals surface area contributed by atoms with Crippen molar-refractivity contribution in [3.8, 4) is 0 Å². The van der Waals surface area contributed by atoms with E-state index in [9.17, 15) is 0 Å². The van der Waals surface area contributed by atoms with Crippen LogP contribution in [0.15, 0.2) is 0 Å². The van der Waals surface area contributed by atoms with E-state index in [1.807, 2.05) is 0 Å². The third-order valence-electron chi connectivity index (χ3n) is 4.31. The van der Waals surface area contributed by atoms with Gasteiger partial charge in [0.25, 0.3) is 0 Å². The van der Waals surface area contributed by atoms with Crippen LogP contribution in [0.2, 0.25) is 0 Å². The van der Waals surface area contributed by atoms with E-state index >= 15 is 0 Å². The number of nitrogens with one attached hydrogen (secondary N) is 1. The van der Waals surface area contributed by atoms with Crippen molar-refractivity contribution in [3.63, 3.8) is 0 Å². The fourth-order valence-corrected chi connectivity index (χ4v) is 3.03. The van der Waals surface area contributed by atoms with Gasteiger partial charge in [0.15, 0.2) is 0 Å². The van der Waals surface area contributed by atoms with Crippen molar-refractivity contribution in [1.29, 1.82) is 0 Å². The van der Waals surface area contributed by atoms with Crippen molar-refractivity contribution in [3.05, 3.63) is 0 Å². The van der Waals surface area contributed by atoms with E-state index in [2.05, 4.69) is 33.1 Å². The summed E-state index contributed by atoms with van der Waals surface area (Å²) < 4.78 is 5.98. The van der Waals surface area contributed by atoms with Crippen LogP contribution >= 0.6 is 0 Å². The molecule has 1 aliphatic carbocycles. The summed E-state index contributed by atoms with van der Waals surface area (Å²) in [6.07, 6.45) is 8.06. The fraction of sp³-hybridized carbons (Fsp3) is 1.00. The van der Waals surface area contributed by atoms with E-state index in [-0.39, 0.29) is 5.60 Å². The second kappa shape index (κ2) is 6.61. The third-order valence-corrected chi connectivity index (χ3v) is 4.31. The topological polar surface area (TPSA) is 21.3 Å². The highest BCUT2D eigenvalue weighted by Crippen LogP contribution is 2.33. The van der Waals surface area contributed by atoms with Crippen LogP contribution in [-0.2, 0) is 4.74 Å². The molecule has 0 aromatic carbocycles. The lowest BCUT2D eigenvalue weighted by molar-refractivity contribution is -0.0584. The minimum absolute atomic E-state index is 0.00604. The van der Waals surface area contributed by atoms with Gasteiger partial charge >= 0.3 is 0 Å². The maximum absolute atomic E-state index is 5.98. The van der Waals surface area contributed by atoms with Gasteiger partial charge in [0.2, 0.25) is 0 Å². The highest BCUT2D eigenvalue weighted by Gasteiger charge is 2.34. The summed E-state index contributed by atoms with van der Waals surface area (Å²) in [6, 6.07) is 0.501. The number of ether oxygens (including phenoxy) is 1. The number of hydrogen-bond donors (Lipinski definition) is 1. The Balaban J connectivity index is 2.55. The van der Waals surface area contributed by atoms with E-state index in [1.54, 1.807) is 0 Å². The van der Waals surface area contributed by atoms with Crippen molar-refractivity contribution in [2.45, 2.75) is 70.9 Å². The molecule has 0 radical (unpaired) electrons. The van der Waals surface area contributed by atoms with Gasteiger partial charge in [-0.05, 0) is 39.7 Å². The summed E-state index contributed by atoms with van der Waals surface area (Å²) in [5.41, 5.74) is 0.00604. The molecule has 0 aliphatic heterocycles. The zero-order chi connectivity index (χ0) is 12.0. The largest absolute Gasteiger partial charge is 0.374 e. The summed E-state index contributed by atoms with van der Waals surface area (Å²) in [7, 11) is 2.08. The molecule has 2 heteroatoms. The second-order valence-corrected chi connectivity index (χ2v) is 5.33. The van der Waals surface area contributed by atoms with Crippen LogP contribution < -0.4 is 5.32 Å². The van der Waals surface area contributed by atoms with Gasteiger partial charge < -0.3 is 10.1 Å². The van der Waals surface area contributed by atoms with Gasteiger partial charge in [0, 0.05) is 12.6 Å². The molecule has 0 aromatic rings. The molecule has 0 saturated heterocycles. The molecule has 0 spiro atoms. The first-order chi connectivity index (χ1) is 7.66. The average molecular weight is 227 g/mol. The Bertz CT molecular complexity index is 189. The first kappa shape index (κ1) is 14.0. The van der Waals surface area contributed by atoms with Crippen molar-refractivity contribution < 1.29 is 4.74 Å². The quantitative estimate of drug-likeness (QED) is 0.720. The van der Waals surface area contributed by atoms with Crippen LogP contribution in [0.5, 0.6) is 0 Å². The van der Waals surface area contributed by atoms with Gasteiger partial charge in [-0.15, -0.1) is 0 Å². The van der Waals surface area contributed by atoms with Gasteiger partial charge in [-0.25, -0.2) is 0 Å². The minimum atomic E-state index is 0.00604. The van der Waals surface area contributed by atoms with Gasteiger partial charge in [0.05, 0.1) is 5.60 Å². The summed E-state index contributed by atoms with van der Waals surface area (Å²) in [5, 5.41) is 3.48. The normalized spacial score (nSPS) is 23.2. The Labute approximate surface area is 101 Å². The molecular weight excluding hydrogens is 198 g/mol. The lowest BCUT2D eigenvalue weighted by Gasteiger charge is -2.38. The molecule has 0 amide bonds. The maximum Gasteiger partial charge on any atom is 0.0803 e. The molecule has 0 bridgehead atoms. The predicted molar refractivity (Wildman–Crippen MR) is 69.7 cm³/mol. The predicted octanol–water partition coefficient (Wildman–Crippen LogP) is 3.36. The first-order valence-electron chi connectivity index (χ1n) is 6.97. The van der Waals surface area contributed by atoms with E-state index in [0.29, 0.717) is 6.04 Å². The maximum atomic E-state index is 5.98. The SMILES string of the molecule is CCOC(C)(CC)C(CC1CCCC1)NC. The van der Waals surface area contributed by atoms with Crippen LogP contribution in [0.25, 0.3) is 0 Å². The molecule has 0 heterocycles. The van der Waals surface area contributed by atoms with Gasteiger partial charge in [-0.3, -0.25) is 0 Å². The highest BCUT2D eigenvalue weighted by atomic mass is 16.5. The number of rotatable bonds is 7. The van der Waals surface area contributed by atoms with Crippen molar-refractivity contribution >= 4 is 0 Å². The number of hydrogen-bond acceptors (Lipinski definition) is 2. The molecule has 1 aliphatic rings. The standard InChI is InChI=1S/C14H29NO/c1-5-14(3,16-6-2)13(15-4)11-12-9-7-8-10-12/h12-13,15H,5-11H2,1-4H3. The lowest BCUT2D eigenvalue weighted by atomic mass is 9.85. The Hall–Kier alpha value is -0.0800. The highest BCUT2D eigenvalue weighted by molar-refractivity contribution is 4.90. The summed E-state index contributed by atoms with van der Waals surface area (Å²) in [5.74, 6) is 0.920. The molecule has 1 fully saturated rings. The van der Waals surface area contributed by atoms with Crippen LogP contribution in [0.4, 0.5) is 0 Å².